The lowest BCUT2D eigenvalue weighted by molar-refractivity contribution is 0.295. The third-order valence-corrected chi connectivity index (χ3v) is 3.48. The van der Waals surface area contributed by atoms with E-state index in [0.717, 1.165) is 22.4 Å². The number of benzene rings is 1. The van der Waals surface area contributed by atoms with Gasteiger partial charge in [0.05, 0.1) is 12.7 Å². The summed E-state index contributed by atoms with van der Waals surface area (Å²) >= 11 is 5.95. The summed E-state index contributed by atoms with van der Waals surface area (Å²) in [5.41, 5.74) is 2.08. The molecule has 0 fully saturated rings. The molecule has 0 radical (unpaired) electrons. The summed E-state index contributed by atoms with van der Waals surface area (Å²) in [7, 11) is 1.61. The molecule has 0 unspecified atom stereocenters. The number of hydrogen-bond acceptors (Lipinski definition) is 4. The summed E-state index contributed by atoms with van der Waals surface area (Å²) in [5, 5.41) is -0.0120. The standard InChI is InChI=1S/C14H11ClO4/c1-7-11-10-4-3-9(17-2)5-8(10)6-18-13(11)12(15)14(16)19-7/h3-5H,6H2,1-2H3. The van der Waals surface area contributed by atoms with Crippen molar-refractivity contribution in [3.8, 4) is 22.6 Å². The Kier molecular flexibility index (Phi) is 2.75. The van der Waals surface area contributed by atoms with E-state index in [1.165, 1.54) is 0 Å². The van der Waals surface area contributed by atoms with Gasteiger partial charge in [-0.15, -0.1) is 0 Å². The van der Waals surface area contributed by atoms with Crippen molar-refractivity contribution in [3.05, 3.63) is 45.0 Å². The predicted molar refractivity (Wildman–Crippen MR) is 71.0 cm³/mol. The van der Waals surface area contributed by atoms with E-state index in [9.17, 15) is 4.79 Å². The molecule has 2 aromatic rings. The molecule has 19 heavy (non-hydrogen) atoms. The molecule has 0 N–H and O–H groups in total. The van der Waals surface area contributed by atoms with Crippen LogP contribution in [0.3, 0.4) is 0 Å². The molecule has 1 aliphatic rings. The number of methoxy groups -OCH3 is 1. The van der Waals surface area contributed by atoms with Crippen molar-refractivity contribution >= 4 is 11.6 Å². The highest BCUT2D eigenvalue weighted by Gasteiger charge is 2.25. The van der Waals surface area contributed by atoms with Gasteiger partial charge in [-0.3, -0.25) is 0 Å². The highest BCUT2D eigenvalue weighted by atomic mass is 35.5. The molecule has 0 amide bonds. The number of ether oxygens (including phenoxy) is 2. The molecule has 98 valence electrons. The minimum absolute atomic E-state index is 0.0120. The quantitative estimate of drug-likeness (QED) is 0.804. The Labute approximate surface area is 114 Å². The van der Waals surface area contributed by atoms with Gasteiger partial charge in [-0.2, -0.15) is 0 Å². The van der Waals surface area contributed by atoms with E-state index in [1.54, 1.807) is 14.0 Å². The maximum Gasteiger partial charge on any atom is 0.358 e. The fourth-order valence-electron chi connectivity index (χ4n) is 2.25. The van der Waals surface area contributed by atoms with Gasteiger partial charge in [0.25, 0.3) is 0 Å². The SMILES string of the molecule is COc1ccc2c(c1)COc1c-2c(C)oc(=O)c1Cl. The molecule has 0 saturated heterocycles. The van der Waals surface area contributed by atoms with Crippen LogP contribution in [0.1, 0.15) is 11.3 Å². The second kappa shape index (κ2) is 4.31. The Morgan fingerprint density at radius 3 is 2.89 bits per heavy atom. The first-order valence-corrected chi connectivity index (χ1v) is 6.13. The molecule has 0 aliphatic carbocycles. The summed E-state index contributed by atoms with van der Waals surface area (Å²) in [6, 6.07) is 5.67. The molecule has 1 aromatic heterocycles. The zero-order valence-corrected chi connectivity index (χ0v) is 11.2. The van der Waals surface area contributed by atoms with Crippen molar-refractivity contribution in [2.24, 2.45) is 0 Å². The maximum atomic E-state index is 11.5. The van der Waals surface area contributed by atoms with Gasteiger partial charge in [-0.25, -0.2) is 4.79 Å². The van der Waals surface area contributed by atoms with Gasteiger partial charge in [0.2, 0.25) is 0 Å². The summed E-state index contributed by atoms with van der Waals surface area (Å²) in [5.74, 6) is 1.65. The van der Waals surface area contributed by atoms with Crippen LogP contribution in [0.2, 0.25) is 5.02 Å². The zero-order chi connectivity index (χ0) is 13.6. The van der Waals surface area contributed by atoms with Crippen LogP contribution in [-0.4, -0.2) is 7.11 Å². The lowest BCUT2D eigenvalue weighted by Crippen LogP contribution is -2.12. The lowest BCUT2D eigenvalue weighted by Gasteiger charge is -2.22. The number of rotatable bonds is 1. The Balaban J connectivity index is 2.30. The van der Waals surface area contributed by atoms with E-state index < -0.39 is 5.63 Å². The van der Waals surface area contributed by atoms with E-state index in [4.69, 9.17) is 25.5 Å². The zero-order valence-electron chi connectivity index (χ0n) is 10.5. The normalized spacial score (nSPS) is 12.4. The van der Waals surface area contributed by atoms with Gasteiger partial charge in [-0.05, 0) is 24.6 Å². The van der Waals surface area contributed by atoms with Crippen LogP contribution < -0.4 is 15.1 Å². The van der Waals surface area contributed by atoms with Crippen molar-refractivity contribution in [1.82, 2.24) is 0 Å². The average molecular weight is 279 g/mol. The van der Waals surface area contributed by atoms with Crippen LogP contribution in [0, 0.1) is 6.92 Å². The van der Waals surface area contributed by atoms with Gasteiger partial charge in [0, 0.05) is 5.56 Å². The van der Waals surface area contributed by atoms with Crippen molar-refractivity contribution in [1.29, 1.82) is 0 Å². The number of fused-ring (bicyclic) bond motifs is 3. The maximum absolute atomic E-state index is 11.5. The van der Waals surface area contributed by atoms with Gasteiger partial charge in [-0.1, -0.05) is 17.7 Å². The van der Waals surface area contributed by atoms with E-state index in [1.807, 2.05) is 18.2 Å². The molecule has 5 heteroatoms. The predicted octanol–water partition coefficient (Wildman–Crippen LogP) is 3.17. The third-order valence-electron chi connectivity index (χ3n) is 3.16. The molecule has 4 nitrogen and oxygen atoms in total. The Hall–Kier alpha value is -1.94. The largest absolute Gasteiger partial charge is 0.497 e. The van der Waals surface area contributed by atoms with E-state index in [2.05, 4.69) is 0 Å². The molecule has 0 bridgehead atoms. The summed E-state index contributed by atoms with van der Waals surface area (Å²) in [4.78, 5) is 11.5. The number of halogens is 1. The second-order valence-electron chi connectivity index (χ2n) is 4.28. The highest BCUT2D eigenvalue weighted by molar-refractivity contribution is 6.32. The molecule has 3 rings (SSSR count). The van der Waals surface area contributed by atoms with Crippen LogP contribution in [-0.2, 0) is 6.61 Å². The van der Waals surface area contributed by atoms with Gasteiger partial charge in [0.15, 0.2) is 10.8 Å². The fraction of sp³-hybridized carbons (Fsp3) is 0.214. The lowest BCUT2D eigenvalue weighted by atomic mass is 9.96. The summed E-state index contributed by atoms with van der Waals surface area (Å²) in [6.07, 6.45) is 0. The van der Waals surface area contributed by atoms with Crippen molar-refractivity contribution in [2.75, 3.05) is 7.11 Å². The fourth-order valence-corrected chi connectivity index (χ4v) is 2.44. The van der Waals surface area contributed by atoms with Crippen LogP contribution in [0.25, 0.3) is 11.1 Å². The minimum Gasteiger partial charge on any atom is -0.497 e. The molecular formula is C14H11ClO4. The van der Waals surface area contributed by atoms with Crippen molar-refractivity contribution in [2.45, 2.75) is 13.5 Å². The highest BCUT2D eigenvalue weighted by Crippen LogP contribution is 2.43. The van der Waals surface area contributed by atoms with Crippen LogP contribution in [0.15, 0.2) is 27.4 Å². The molecule has 1 aliphatic heterocycles. The molecule has 1 aromatic carbocycles. The molecular weight excluding hydrogens is 268 g/mol. The van der Waals surface area contributed by atoms with Gasteiger partial charge < -0.3 is 13.9 Å². The molecule has 0 atom stereocenters. The number of aryl methyl sites for hydroxylation is 1. The monoisotopic (exact) mass is 278 g/mol. The Bertz CT molecular complexity index is 718. The van der Waals surface area contributed by atoms with E-state index in [-0.39, 0.29) is 5.02 Å². The Morgan fingerprint density at radius 2 is 2.16 bits per heavy atom. The van der Waals surface area contributed by atoms with Crippen LogP contribution in [0.4, 0.5) is 0 Å². The summed E-state index contributed by atoms with van der Waals surface area (Å²) < 4.78 is 15.9. The van der Waals surface area contributed by atoms with E-state index in [0.29, 0.717) is 18.1 Å². The van der Waals surface area contributed by atoms with Crippen molar-refractivity contribution < 1.29 is 13.9 Å². The van der Waals surface area contributed by atoms with E-state index >= 15 is 0 Å². The first-order valence-electron chi connectivity index (χ1n) is 5.75. The Morgan fingerprint density at radius 1 is 1.37 bits per heavy atom. The summed E-state index contributed by atoms with van der Waals surface area (Å²) in [6.45, 7) is 2.07. The molecule has 0 spiro atoms. The molecule has 0 saturated carbocycles. The topological polar surface area (TPSA) is 48.7 Å². The van der Waals surface area contributed by atoms with Crippen LogP contribution >= 0.6 is 11.6 Å². The average Bonchev–Trinajstić information content (AvgIpc) is 2.43. The van der Waals surface area contributed by atoms with Gasteiger partial charge >= 0.3 is 5.63 Å². The van der Waals surface area contributed by atoms with Crippen LogP contribution in [0.5, 0.6) is 11.5 Å². The van der Waals surface area contributed by atoms with Crippen molar-refractivity contribution in [3.63, 3.8) is 0 Å². The smallest absolute Gasteiger partial charge is 0.358 e. The van der Waals surface area contributed by atoms with Gasteiger partial charge in [0.1, 0.15) is 18.1 Å². The number of hydrogen-bond donors (Lipinski definition) is 0. The first kappa shape index (κ1) is 12.1. The third kappa shape index (κ3) is 1.79. The second-order valence-corrected chi connectivity index (χ2v) is 4.65. The first-order chi connectivity index (χ1) is 9.11. The molecule has 2 heterocycles. The minimum atomic E-state index is -0.574.